The van der Waals surface area contributed by atoms with E-state index in [0.29, 0.717) is 5.92 Å². The van der Waals surface area contributed by atoms with Crippen molar-refractivity contribution < 1.29 is 16.8 Å². The van der Waals surface area contributed by atoms with Crippen molar-refractivity contribution in [3.63, 3.8) is 0 Å². The van der Waals surface area contributed by atoms with Crippen LogP contribution < -0.4 is 4.72 Å². The van der Waals surface area contributed by atoms with Gasteiger partial charge in [0.15, 0.2) is 9.84 Å². The third-order valence-electron chi connectivity index (χ3n) is 3.45. The predicted molar refractivity (Wildman–Crippen MR) is 82.9 cm³/mol. The molecule has 21 heavy (non-hydrogen) atoms. The van der Waals surface area contributed by atoms with Crippen molar-refractivity contribution in [2.45, 2.75) is 36.1 Å². The molecule has 118 valence electrons. The van der Waals surface area contributed by atoms with Crippen LogP contribution in [0.2, 0.25) is 0 Å². The van der Waals surface area contributed by atoms with Gasteiger partial charge in [0, 0.05) is 0 Å². The van der Waals surface area contributed by atoms with Crippen LogP contribution in [-0.2, 0) is 19.9 Å². The van der Waals surface area contributed by atoms with E-state index in [1.807, 2.05) is 13.8 Å². The van der Waals surface area contributed by atoms with Crippen molar-refractivity contribution >= 4 is 31.5 Å². The van der Waals surface area contributed by atoms with Crippen LogP contribution in [0.4, 0.5) is 0 Å². The number of hydrogen-bond donors (Lipinski definition) is 1. The third kappa shape index (κ3) is 3.97. The minimum Gasteiger partial charge on any atom is -0.229 e. The van der Waals surface area contributed by atoms with Gasteiger partial charge in [-0.15, -0.1) is 11.6 Å². The average Bonchev–Trinajstić information content (AvgIpc) is 2.61. The molecule has 0 aromatic heterocycles. The summed E-state index contributed by atoms with van der Waals surface area (Å²) >= 11 is 5.92. The second kappa shape index (κ2) is 5.87. The second-order valence-corrected chi connectivity index (χ2v) is 9.97. The van der Waals surface area contributed by atoms with Crippen molar-refractivity contribution in [1.29, 1.82) is 0 Å². The molecule has 1 heterocycles. The van der Waals surface area contributed by atoms with Gasteiger partial charge in [-0.05, 0) is 23.6 Å². The zero-order valence-electron chi connectivity index (χ0n) is 11.8. The molecule has 1 aromatic carbocycles. The van der Waals surface area contributed by atoms with Crippen molar-refractivity contribution in [3.05, 3.63) is 29.8 Å². The molecule has 0 amide bonds. The van der Waals surface area contributed by atoms with E-state index in [9.17, 15) is 16.8 Å². The number of hydrogen-bond acceptors (Lipinski definition) is 4. The molecule has 8 heteroatoms. The van der Waals surface area contributed by atoms with Gasteiger partial charge < -0.3 is 0 Å². The number of sulfonamides is 1. The van der Waals surface area contributed by atoms with Crippen LogP contribution in [0.3, 0.4) is 0 Å². The molecule has 0 aliphatic carbocycles. The van der Waals surface area contributed by atoms with E-state index in [1.54, 1.807) is 12.1 Å². The fraction of sp³-hybridized carbons (Fsp3) is 0.538. The molecule has 1 aliphatic rings. The lowest BCUT2D eigenvalue weighted by Crippen LogP contribution is -2.40. The molecule has 0 unspecified atom stereocenters. The second-order valence-electron chi connectivity index (χ2n) is 5.54. The summed E-state index contributed by atoms with van der Waals surface area (Å²) in [5.74, 6) is -0.152. The Labute approximate surface area is 130 Å². The maximum atomic E-state index is 12.3. The smallest absolute Gasteiger partial charge is 0.229 e. The topological polar surface area (TPSA) is 80.3 Å². The van der Waals surface area contributed by atoms with Crippen molar-refractivity contribution in [2.75, 3.05) is 11.5 Å². The summed E-state index contributed by atoms with van der Waals surface area (Å²) in [6.07, 6.45) is 0. The molecule has 0 bridgehead atoms. The van der Waals surface area contributed by atoms with E-state index in [0.717, 1.165) is 5.56 Å². The minimum atomic E-state index is -3.77. The maximum Gasteiger partial charge on any atom is 0.240 e. The van der Waals surface area contributed by atoms with Gasteiger partial charge in [-0.2, -0.15) is 0 Å². The lowest BCUT2D eigenvalue weighted by Gasteiger charge is -2.15. The Kier molecular flexibility index (Phi) is 4.68. The lowest BCUT2D eigenvalue weighted by atomic mass is 10.0. The van der Waals surface area contributed by atoms with Crippen LogP contribution in [0.1, 0.15) is 25.3 Å². The number of alkyl halides is 1. The molecule has 1 N–H and O–H groups in total. The van der Waals surface area contributed by atoms with E-state index in [1.165, 1.54) is 12.1 Å². The quantitative estimate of drug-likeness (QED) is 0.833. The van der Waals surface area contributed by atoms with Crippen molar-refractivity contribution in [3.8, 4) is 0 Å². The number of rotatable bonds is 4. The highest BCUT2D eigenvalue weighted by Crippen LogP contribution is 2.21. The Morgan fingerprint density at radius 1 is 1.19 bits per heavy atom. The van der Waals surface area contributed by atoms with Crippen LogP contribution in [-0.4, -0.2) is 39.8 Å². The molecular weight excluding hydrogens is 334 g/mol. The zero-order chi connectivity index (χ0) is 15.8. The van der Waals surface area contributed by atoms with Gasteiger partial charge >= 0.3 is 0 Å². The first-order valence-electron chi connectivity index (χ1n) is 6.57. The van der Waals surface area contributed by atoms with Gasteiger partial charge in [-0.1, -0.05) is 26.0 Å². The predicted octanol–water partition coefficient (Wildman–Crippen LogP) is 1.49. The van der Waals surface area contributed by atoms with Gasteiger partial charge in [0.2, 0.25) is 10.0 Å². The summed E-state index contributed by atoms with van der Waals surface area (Å²) in [7, 11) is -7.04. The van der Waals surface area contributed by atoms with Gasteiger partial charge in [0.1, 0.15) is 0 Å². The highest BCUT2D eigenvalue weighted by atomic mass is 35.5. The normalized spacial score (nSPS) is 25.3. The highest BCUT2D eigenvalue weighted by molar-refractivity contribution is 7.92. The van der Waals surface area contributed by atoms with Crippen LogP contribution in [0.15, 0.2) is 29.2 Å². The summed E-state index contributed by atoms with van der Waals surface area (Å²) in [6.45, 7) is 4.03. The SMILES string of the molecule is CC(C)c1ccc(S(=O)(=O)N[C@@H]2CS(=O)(=O)C[C@@H]2Cl)cc1. The maximum absolute atomic E-state index is 12.3. The van der Waals surface area contributed by atoms with Crippen molar-refractivity contribution in [2.24, 2.45) is 0 Å². The van der Waals surface area contributed by atoms with E-state index in [-0.39, 0.29) is 16.4 Å². The first kappa shape index (κ1) is 16.7. The van der Waals surface area contributed by atoms with Crippen LogP contribution in [0, 0.1) is 0 Å². The Morgan fingerprint density at radius 2 is 1.76 bits per heavy atom. The van der Waals surface area contributed by atoms with Crippen LogP contribution in [0.5, 0.6) is 0 Å². The largest absolute Gasteiger partial charge is 0.240 e. The average molecular weight is 352 g/mol. The highest BCUT2D eigenvalue weighted by Gasteiger charge is 2.38. The molecule has 1 aliphatic heterocycles. The Bertz CT molecular complexity index is 711. The van der Waals surface area contributed by atoms with E-state index < -0.39 is 31.3 Å². The first-order valence-corrected chi connectivity index (χ1v) is 10.3. The molecule has 5 nitrogen and oxygen atoms in total. The van der Waals surface area contributed by atoms with Gasteiger partial charge in [0.05, 0.1) is 27.8 Å². The Hall–Kier alpha value is -0.630. The molecule has 1 aromatic rings. The van der Waals surface area contributed by atoms with Crippen LogP contribution in [0.25, 0.3) is 0 Å². The molecule has 1 saturated heterocycles. The fourth-order valence-electron chi connectivity index (χ4n) is 2.21. The van der Waals surface area contributed by atoms with Gasteiger partial charge in [-0.25, -0.2) is 21.6 Å². The van der Waals surface area contributed by atoms with Gasteiger partial charge in [0.25, 0.3) is 0 Å². The monoisotopic (exact) mass is 351 g/mol. The number of benzene rings is 1. The third-order valence-corrected chi connectivity index (χ3v) is 7.33. The zero-order valence-corrected chi connectivity index (χ0v) is 14.2. The summed E-state index contributed by atoms with van der Waals surface area (Å²) in [5, 5.41) is -0.736. The lowest BCUT2D eigenvalue weighted by molar-refractivity contribution is 0.563. The molecule has 1 fully saturated rings. The number of halogens is 1. The van der Waals surface area contributed by atoms with Crippen molar-refractivity contribution in [1.82, 2.24) is 4.72 Å². The molecule has 2 rings (SSSR count). The molecule has 0 spiro atoms. The summed E-state index contributed by atoms with van der Waals surface area (Å²) in [6, 6.07) is 5.76. The minimum absolute atomic E-state index is 0.111. The van der Waals surface area contributed by atoms with E-state index in [4.69, 9.17) is 11.6 Å². The number of nitrogens with one attached hydrogen (secondary N) is 1. The molecule has 2 atom stereocenters. The number of sulfone groups is 1. The fourth-order valence-corrected chi connectivity index (χ4v) is 6.22. The van der Waals surface area contributed by atoms with E-state index in [2.05, 4.69) is 4.72 Å². The van der Waals surface area contributed by atoms with Gasteiger partial charge in [-0.3, -0.25) is 0 Å². The first-order chi connectivity index (χ1) is 9.61. The Morgan fingerprint density at radius 3 is 2.19 bits per heavy atom. The Balaban J connectivity index is 2.19. The standard InChI is InChI=1S/C13H18ClNO4S2/c1-9(2)10-3-5-11(6-4-10)21(18,19)15-13-8-20(16,17)7-12(13)14/h3-6,9,12-13,15H,7-8H2,1-2H3/t12-,13+/m0/s1. The summed E-state index contributed by atoms with van der Waals surface area (Å²) < 4.78 is 49.9. The molecule has 0 radical (unpaired) electrons. The summed E-state index contributed by atoms with van der Waals surface area (Å²) in [5.41, 5.74) is 1.03. The van der Waals surface area contributed by atoms with E-state index >= 15 is 0 Å². The molecule has 0 saturated carbocycles. The summed E-state index contributed by atoms with van der Waals surface area (Å²) in [4.78, 5) is 0.111. The molecular formula is C13H18ClNO4S2. The van der Waals surface area contributed by atoms with Crippen LogP contribution >= 0.6 is 11.6 Å².